The van der Waals surface area contributed by atoms with Crippen LogP contribution in [-0.4, -0.2) is 23.8 Å². The van der Waals surface area contributed by atoms with Crippen molar-refractivity contribution in [2.45, 2.75) is 13.1 Å². The van der Waals surface area contributed by atoms with Crippen molar-refractivity contribution in [1.82, 2.24) is 13.9 Å². The van der Waals surface area contributed by atoms with E-state index in [1.807, 2.05) is 0 Å². The van der Waals surface area contributed by atoms with Crippen molar-refractivity contribution in [2.24, 2.45) is 0 Å². The first-order valence-electron chi connectivity index (χ1n) is 9.80. The first-order chi connectivity index (χ1) is 15.8. The summed E-state index contributed by atoms with van der Waals surface area (Å²) in [4.78, 5) is 47.7. The van der Waals surface area contributed by atoms with Crippen LogP contribution in [0.2, 0.25) is 0 Å². The molecule has 1 heterocycles. The highest BCUT2D eigenvalue weighted by Gasteiger charge is 2.19. The quantitative estimate of drug-likeness (QED) is 0.316. The molecule has 11 nitrogen and oxygen atoms in total. The van der Waals surface area contributed by atoms with Crippen LogP contribution in [0.25, 0.3) is 5.69 Å². The highest BCUT2D eigenvalue weighted by atomic mass is 16.6. The lowest BCUT2D eigenvalue weighted by Gasteiger charge is -2.10. The van der Waals surface area contributed by atoms with E-state index in [1.165, 1.54) is 45.8 Å². The fraction of sp³-hybridized carbons (Fsp3) is 0.0909. The van der Waals surface area contributed by atoms with Gasteiger partial charge in [-0.05, 0) is 23.3 Å². The van der Waals surface area contributed by atoms with Crippen LogP contribution >= 0.6 is 0 Å². The van der Waals surface area contributed by atoms with Gasteiger partial charge in [0.1, 0.15) is 0 Å². The zero-order chi connectivity index (χ0) is 23.5. The smallest absolute Gasteiger partial charge is 0.258 e. The van der Waals surface area contributed by atoms with Crippen molar-refractivity contribution in [3.63, 3.8) is 0 Å². The molecule has 0 unspecified atom stereocenters. The summed E-state index contributed by atoms with van der Waals surface area (Å²) in [6.45, 7) is -0.213. The van der Waals surface area contributed by atoms with Gasteiger partial charge < -0.3 is 0 Å². The Morgan fingerprint density at radius 2 is 1.09 bits per heavy atom. The van der Waals surface area contributed by atoms with E-state index in [1.54, 1.807) is 42.5 Å². The standard InChI is InChI=1S/C22H17N5O6/c28-21-23(14-16-6-4-10-19(12-16)26(30)31)24(15-17-7-5-11-20(13-17)27(32)33)22(29)25(21)18-8-2-1-3-9-18/h1-13H,14-15H2. The van der Waals surface area contributed by atoms with Gasteiger partial charge in [0.25, 0.3) is 11.4 Å². The van der Waals surface area contributed by atoms with Crippen molar-refractivity contribution >= 4 is 11.4 Å². The molecule has 0 N–H and O–H groups in total. The van der Waals surface area contributed by atoms with E-state index < -0.39 is 21.2 Å². The Balaban J connectivity index is 1.85. The number of aromatic nitrogens is 3. The van der Waals surface area contributed by atoms with Crippen LogP contribution in [0.15, 0.2) is 88.5 Å². The van der Waals surface area contributed by atoms with Crippen molar-refractivity contribution in [3.8, 4) is 5.69 Å². The van der Waals surface area contributed by atoms with Gasteiger partial charge in [0.05, 0.1) is 28.6 Å². The van der Waals surface area contributed by atoms with Crippen molar-refractivity contribution in [3.05, 3.63) is 131 Å². The minimum absolute atomic E-state index is 0.107. The van der Waals surface area contributed by atoms with Gasteiger partial charge in [-0.3, -0.25) is 20.2 Å². The van der Waals surface area contributed by atoms with Crippen LogP contribution in [0, 0.1) is 20.2 Å². The van der Waals surface area contributed by atoms with Crippen molar-refractivity contribution in [2.75, 3.05) is 0 Å². The molecule has 1 aromatic heterocycles. The largest absolute Gasteiger partial charge is 0.352 e. The molecule has 0 aliphatic heterocycles. The lowest BCUT2D eigenvalue weighted by Crippen LogP contribution is -2.28. The summed E-state index contributed by atoms with van der Waals surface area (Å²) in [6.07, 6.45) is 0. The van der Waals surface area contributed by atoms with Crippen LogP contribution < -0.4 is 11.4 Å². The van der Waals surface area contributed by atoms with Gasteiger partial charge in [-0.1, -0.05) is 42.5 Å². The summed E-state index contributed by atoms with van der Waals surface area (Å²) < 4.78 is 3.34. The fourth-order valence-electron chi connectivity index (χ4n) is 3.51. The molecule has 0 bridgehead atoms. The highest BCUT2D eigenvalue weighted by molar-refractivity contribution is 5.36. The second-order valence-electron chi connectivity index (χ2n) is 7.21. The van der Waals surface area contributed by atoms with E-state index in [0.29, 0.717) is 16.8 Å². The molecule has 4 aromatic rings. The summed E-state index contributed by atoms with van der Waals surface area (Å²) in [5, 5.41) is 22.3. The van der Waals surface area contributed by atoms with Gasteiger partial charge in [-0.25, -0.2) is 23.5 Å². The molecule has 0 atom stereocenters. The molecular formula is C22H17N5O6. The van der Waals surface area contributed by atoms with E-state index in [2.05, 4.69) is 0 Å². The van der Waals surface area contributed by atoms with Gasteiger partial charge in [0.2, 0.25) is 0 Å². The third-order valence-electron chi connectivity index (χ3n) is 5.04. The Morgan fingerprint density at radius 3 is 1.52 bits per heavy atom. The number of nitro benzene ring substituents is 2. The Morgan fingerprint density at radius 1 is 0.636 bits per heavy atom. The van der Waals surface area contributed by atoms with E-state index in [4.69, 9.17) is 0 Å². The first kappa shape index (κ1) is 21.4. The number of benzene rings is 3. The monoisotopic (exact) mass is 447 g/mol. The summed E-state index contributed by atoms with van der Waals surface area (Å²) in [7, 11) is 0. The predicted molar refractivity (Wildman–Crippen MR) is 119 cm³/mol. The normalized spacial score (nSPS) is 10.8. The SMILES string of the molecule is O=c1n(-c2ccccc2)c(=O)n(Cc2cccc([N+](=O)[O-])c2)n1Cc1cccc([N+](=O)[O-])c1. The first-order valence-corrected chi connectivity index (χ1v) is 9.80. The van der Waals surface area contributed by atoms with E-state index >= 15 is 0 Å². The number of non-ortho nitro benzene ring substituents is 2. The van der Waals surface area contributed by atoms with E-state index in [0.717, 1.165) is 4.57 Å². The van der Waals surface area contributed by atoms with Crippen LogP contribution in [0.1, 0.15) is 11.1 Å². The second-order valence-corrected chi connectivity index (χ2v) is 7.21. The fourth-order valence-corrected chi connectivity index (χ4v) is 3.51. The minimum Gasteiger partial charge on any atom is -0.258 e. The maximum atomic E-state index is 13.3. The third kappa shape index (κ3) is 4.32. The predicted octanol–water partition coefficient (Wildman–Crippen LogP) is 2.71. The second kappa shape index (κ2) is 8.75. The average molecular weight is 447 g/mol. The van der Waals surface area contributed by atoms with Gasteiger partial charge >= 0.3 is 11.4 Å². The average Bonchev–Trinajstić information content (AvgIpc) is 3.04. The van der Waals surface area contributed by atoms with Crippen LogP contribution in [0.5, 0.6) is 0 Å². The topological polar surface area (TPSA) is 135 Å². The molecule has 3 aromatic carbocycles. The Hall–Kier alpha value is -4.80. The zero-order valence-electron chi connectivity index (χ0n) is 17.1. The third-order valence-corrected chi connectivity index (χ3v) is 5.04. The summed E-state index contributed by atoms with van der Waals surface area (Å²) in [5.41, 5.74) is -0.302. The van der Waals surface area contributed by atoms with Crippen molar-refractivity contribution < 1.29 is 9.85 Å². The van der Waals surface area contributed by atoms with E-state index in [-0.39, 0.29) is 24.5 Å². The maximum absolute atomic E-state index is 13.3. The van der Waals surface area contributed by atoms with Crippen molar-refractivity contribution in [1.29, 1.82) is 0 Å². The molecule has 0 fully saturated rings. The number of nitro groups is 2. The molecule has 0 aliphatic carbocycles. The molecule has 0 saturated heterocycles. The Labute approximate surface area is 185 Å². The molecule has 166 valence electrons. The van der Waals surface area contributed by atoms with Gasteiger partial charge in [-0.2, -0.15) is 0 Å². The molecular weight excluding hydrogens is 430 g/mol. The Kier molecular flexibility index (Phi) is 5.68. The molecule has 0 amide bonds. The molecule has 0 spiro atoms. The van der Waals surface area contributed by atoms with Gasteiger partial charge in [-0.15, -0.1) is 0 Å². The van der Waals surface area contributed by atoms with Gasteiger partial charge in [0.15, 0.2) is 0 Å². The minimum atomic E-state index is -0.636. The molecule has 0 saturated carbocycles. The maximum Gasteiger partial charge on any atom is 0.352 e. The number of hydrogen-bond acceptors (Lipinski definition) is 6. The number of nitrogens with zero attached hydrogens (tertiary/aromatic N) is 5. The zero-order valence-corrected chi connectivity index (χ0v) is 17.1. The number of hydrogen-bond donors (Lipinski definition) is 0. The Bertz CT molecular complexity index is 1380. The molecule has 4 rings (SSSR count). The molecule has 0 aliphatic rings. The number of para-hydroxylation sites is 1. The van der Waals surface area contributed by atoms with Crippen LogP contribution in [-0.2, 0) is 13.1 Å². The summed E-state index contributed by atoms with van der Waals surface area (Å²) in [6, 6.07) is 19.9. The lowest BCUT2D eigenvalue weighted by atomic mass is 10.2. The van der Waals surface area contributed by atoms with E-state index in [9.17, 15) is 29.8 Å². The summed E-state index contributed by atoms with van der Waals surface area (Å²) >= 11 is 0. The summed E-state index contributed by atoms with van der Waals surface area (Å²) in [5.74, 6) is 0. The van der Waals surface area contributed by atoms with Crippen LogP contribution in [0.3, 0.4) is 0 Å². The lowest BCUT2D eigenvalue weighted by molar-refractivity contribution is -0.385. The van der Waals surface area contributed by atoms with Gasteiger partial charge in [0, 0.05) is 24.3 Å². The molecule has 0 radical (unpaired) electrons. The number of rotatable bonds is 7. The van der Waals surface area contributed by atoms with Crippen LogP contribution in [0.4, 0.5) is 11.4 Å². The molecule has 33 heavy (non-hydrogen) atoms. The highest BCUT2D eigenvalue weighted by Crippen LogP contribution is 2.16. The molecule has 11 heteroatoms.